The van der Waals surface area contributed by atoms with Gasteiger partial charge in [0, 0.05) is 19.2 Å². The normalized spacial score (nSPS) is 11.4. The SMILES string of the molecule is CN(Cc1ccccc1F)c1ccc(/C(N)=N/O)nc1. The van der Waals surface area contributed by atoms with Crippen LogP contribution in [0.25, 0.3) is 0 Å². The Balaban J connectivity index is 2.14. The van der Waals surface area contributed by atoms with E-state index < -0.39 is 0 Å². The minimum Gasteiger partial charge on any atom is -0.409 e. The lowest BCUT2D eigenvalue weighted by Gasteiger charge is -2.19. The number of rotatable bonds is 4. The Hall–Kier alpha value is -2.63. The molecule has 104 valence electrons. The van der Waals surface area contributed by atoms with Crippen molar-refractivity contribution in [1.29, 1.82) is 0 Å². The maximum atomic E-state index is 13.6. The second-order valence-corrected chi connectivity index (χ2v) is 4.33. The molecular weight excluding hydrogens is 259 g/mol. The smallest absolute Gasteiger partial charge is 0.188 e. The van der Waals surface area contributed by atoms with Crippen molar-refractivity contribution in [3.63, 3.8) is 0 Å². The first-order chi connectivity index (χ1) is 9.61. The van der Waals surface area contributed by atoms with Crippen LogP contribution in [0.5, 0.6) is 0 Å². The highest BCUT2D eigenvalue weighted by molar-refractivity contribution is 5.95. The predicted molar refractivity (Wildman–Crippen MR) is 75.3 cm³/mol. The minimum atomic E-state index is -0.236. The summed E-state index contributed by atoms with van der Waals surface area (Å²) in [5, 5.41) is 11.4. The van der Waals surface area contributed by atoms with Gasteiger partial charge in [0.2, 0.25) is 0 Å². The van der Waals surface area contributed by atoms with Crippen LogP contribution in [0.1, 0.15) is 11.3 Å². The van der Waals surface area contributed by atoms with Crippen LogP contribution in [-0.2, 0) is 6.54 Å². The van der Waals surface area contributed by atoms with Gasteiger partial charge in [-0.25, -0.2) is 4.39 Å². The van der Waals surface area contributed by atoms with Crippen molar-refractivity contribution in [2.75, 3.05) is 11.9 Å². The summed E-state index contributed by atoms with van der Waals surface area (Å²) in [5.74, 6) is -0.283. The van der Waals surface area contributed by atoms with E-state index >= 15 is 0 Å². The van der Waals surface area contributed by atoms with Crippen LogP contribution in [-0.4, -0.2) is 23.1 Å². The van der Waals surface area contributed by atoms with Gasteiger partial charge in [-0.05, 0) is 18.2 Å². The van der Waals surface area contributed by atoms with Gasteiger partial charge in [-0.15, -0.1) is 0 Å². The fourth-order valence-electron chi connectivity index (χ4n) is 1.79. The Morgan fingerprint density at radius 2 is 2.10 bits per heavy atom. The van der Waals surface area contributed by atoms with E-state index in [1.165, 1.54) is 6.07 Å². The van der Waals surface area contributed by atoms with Crippen molar-refractivity contribution < 1.29 is 9.60 Å². The van der Waals surface area contributed by atoms with Crippen molar-refractivity contribution in [2.45, 2.75) is 6.54 Å². The van der Waals surface area contributed by atoms with E-state index in [0.29, 0.717) is 17.8 Å². The number of nitrogens with zero attached hydrogens (tertiary/aromatic N) is 3. The summed E-state index contributed by atoms with van der Waals surface area (Å²) >= 11 is 0. The molecule has 2 rings (SSSR count). The largest absolute Gasteiger partial charge is 0.409 e. The molecule has 0 bridgehead atoms. The standard InChI is InChI=1S/C14H15FN4O/c1-19(9-10-4-2-3-5-12(10)15)11-6-7-13(17-8-11)14(16)18-20/h2-8,20H,9H2,1H3,(H2,16,18). The number of aromatic nitrogens is 1. The van der Waals surface area contributed by atoms with E-state index in [1.54, 1.807) is 36.5 Å². The van der Waals surface area contributed by atoms with Gasteiger partial charge in [-0.3, -0.25) is 4.98 Å². The number of anilines is 1. The van der Waals surface area contributed by atoms with Crippen LogP contribution in [0, 0.1) is 5.82 Å². The second-order valence-electron chi connectivity index (χ2n) is 4.33. The Morgan fingerprint density at radius 3 is 2.70 bits per heavy atom. The summed E-state index contributed by atoms with van der Waals surface area (Å²) in [6, 6.07) is 10.1. The molecule has 1 aromatic heterocycles. The number of benzene rings is 1. The molecule has 0 fully saturated rings. The summed E-state index contributed by atoms with van der Waals surface area (Å²) in [6.45, 7) is 0.428. The van der Waals surface area contributed by atoms with Crippen LogP contribution in [0.3, 0.4) is 0 Å². The molecule has 0 atom stereocenters. The predicted octanol–water partition coefficient (Wildman–Crippen LogP) is 1.95. The highest BCUT2D eigenvalue weighted by Crippen LogP contribution is 2.16. The molecule has 0 aliphatic carbocycles. The average Bonchev–Trinajstić information content (AvgIpc) is 2.49. The zero-order valence-electron chi connectivity index (χ0n) is 11.0. The van der Waals surface area contributed by atoms with E-state index in [1.807, 2.05) is 11.9 Å². The Bertz CT molecular complexity index is 613. The molecule has 0 radical (unpaired) electrons. The van der Waals surface area contributed by atoms with Crippen molar-refractivity contribution in [3.05, 3.63) is 59.7 Å². The van der Waals surface area contributed by atoms with E-state index in [9.17, 15) is 4.39 Å². The summed E-state index contributed by atoms with van der Waals surface area (Å²) in [5.41, 5.74) is 7.24. The lowest BCUT2D eigenvalue weighted by atomic mass is 10.2. The van der Waals surface area contributed by atoms with E-state index in [2.05, 4.69) is 10.1 Å². The molecule has 1 heterocycles. The third-order valence-corrected chi connectivity index (χ3v) is 2.92. The van der Waals surface area contributed by atoms with Crippen LogP contribution in [0.15, 0.2) is 47.8 Å². The minimum absolute atomic E-state index is 0.0479. The van der Waals surface area contributed by atoms with E-state index in [4.69, 9.17) is 10.9 Å². The molecule has 1 aromatic carbocycles. The summed E-state index contributed by atoms with van der Waals surface area (Å²) in [4.78, 5) is 5.95. The van der Waals surface area contributed by atoms with Crippen LogP contribution < -0.4 is 10.6 Å². The zero-order valence-corrected chi connectivity index (χ0v) is 11.0. The Labute approximate surface area is 116 Å². The maximum absolute atomic E-state index is 13.6. The molecule has 0 spiro atoms. The molecule has 0 amide bonds. The van der Waals surface area contributed by atoms with Gasteiger partial charge >= 0.3 is 0 Å². The molecule has 3 N–H and O–H groups in total. The molecule has 0 unspecified atom stereocenters. The second kappa shape index (κ2) is 6.01. The van der Waals surface area contributed by atoms with Crippen LogP contribution in [0.4, 0.5) is 10.1 Å². The van der Waals surface area contributed by atoms with Gasteiger partial charge < -0.3 is 15.8 Å². The van der Waals surface area contributed by atoms with Gasteiger partial charge in [-0.2, -0.15) is 0 Å². The maximum Gasteiger partial charge on any atom is 0.188 e. The molecule has 5 nitrogen and oxygen atoms in total. The third kappa shape index (κ3) is 3.03. The lowest BCUT2D eigenvalue weighted by molar-refractivity contribution is 0.318. The van der Waals surface area contributed by atoms with Gasteiger partial charge in [0.05, 0.1) is 11.9 Å². The van der Waals surface area contributed by atoms with Crippen LogP contribution >= 0.6 is 0 Å². The van der Waals surface area contributed by atoms with Gasteiger partial charge in [0.15, 0.2) is 5.84 Å². The quantitative estimate of drug-likeness (QED) is 0.387. The topological polar surface area (TPSA) is 74.7 Å². The molecule has 20 heavy (non-hydrogen) atoms. The highest BCUT2D eigenvalue weighted by atomic mass is 19.1. The molecule has 0 saturated carbocycles. The number of halogens is 1. The molecule has 0 saturated heterocycles. The number of hydrogen-bond donors (Lipinski definition) is 2. The van der Waals surface area contributed by atoms with Crippen molar-refractivity contribution in [1.82, 2.24) is 4.98 Å². The number of nitrogens with two attached hydrogens (primary N) is 1. The number of amidine groups is 1. The number of pyridine rings is 1. The summed E-state index contributed by atoms with van der Waals surface area (Å²) in [6.07, 6.45) is 1.59. The van der Waals surface area contributed by atoms with E-state index in [-0.39, 0.29) is 11.7 Å². The lowest BCUT2D eigenvalue weighted by Crippen LogP contribution is -2.19. The first kappa shape index (κ1) is 13.8. The zero-order chi connectivity index (χ0) is 14.5. The van der Waals surface area contributed by atoms with Crippen molar-refractivity contribution in [3.8, 4) is 0 Å². The highest BCUT2D eigenvalue weighted by Gasteiger charge is 2.07. The Kier molecular flexibility index (Phi) is 4.14. The first-order valence-electron chi connectivity index (χ1n) is 6.00. The van der Waals surface area contributed by atoms with Crippen molar-refractivity contribution in [2.24, 2.45) is 10.9 Å². The fraction of sp³-hybridized carbons (Fsp3) is 0.143. The Morgan fingerprint density at radius 1 is 1.35 bits per heavy atom. The third-order valence-electron chi connectivity index (χ3n) is 2.92. The fourth-order valence-corrected chi connectivity index (χ4v) is 1.79. The molecular formula is C14H15FN4O. The first-order valence-corrected chi connectivity index (χ1v) is 6.00. The van der Waals surface area contributed by atoms with Gasteiger partial charge in [0.25, 0.3) is 0 Å². The molecule has 2 aromatic rings. The van der Waals surface area contributed by atoms with Gasteiger partial charge in [-0.1, -0.05) is 23.4 Å². The molecule has 0 aliphatic rings. The summed E-state index contributed by atoms with van der Waals surface area (Å²) in [7, 11) is 1.84. The molecule has 0 aliphatic heterocycles. The average molecular weight is 274 g/mol. The van der Waals surface area contributed by atoms with Crippen LogP contribution in [0.2, 0.25) is 0 Å². The monoisotopic (exact) mass is 274 g/mol. The number of oxime groups is 1. The number of hydrogen-bond acceptors (Lipinski definition) is 4. The van der Waals surface area contributed by atoms with E-state index in [0.717, 1.165) is 5.69 Å². The summed E-state index contributed by atoms with van der Waals surface area (Å²) < 4.78 is 13.6. The molecule has 6 heteroatoms. The van der Waals surface area contributed by atoms with Gasteiger partial charge in [0.1, 0.15) is 11.5 Å². The van der Waals surface area contributed by atoms with Crippen molar-refractivity contribution >= 4 is 11.5 Å².